The van der Waals surface area contributed by atoms with Crippen molar-refractivity contribution in [3.63, 3.8) is 0 Å². The van der Waals surface area contributed by atoms with E-state index in [9.17, 15) is 4.79 Å². The maximum Gasteiger partial charge on any atom is 0.329 e. The van der Waals surface area contributed by atoms with Gasteiger partial charge in [0, 0.05) is 13.1 Å². The number of rotatable bonds is 5. The topological polar surface area (TPSA) is 49.8 Å². The minimum absolute atomic E-state index is 0.0542. The van der Waals surface area contributed by atoms with Gasteiger partial charge in [0.1, 0.15) is 6.61 Å². The van der Waals surface area contributed by atoms with Gasteiger partial charge < -0.3 is 9.84 Å². The summed E-state index contributed by atoms with van der Waals surface area (Å²) in [6.07, 6.45) is 2.08. The molecule has 2 rings (SSSR count). The van der Waals surface area contributed by atoms with Crippen LogP contribution < -0.4 is 0 Å². The smallest absolute Gasteiger partial charge is 0.329 e. The molecular weight excluding hydrogens is 230 g/mol. The van der Waals surface area contributed by atoms with Gasteiger partial charge >= 0.3 is 5.97 Å². The third-order valence-electron chi connectivity index (χ3n) is 3.15. The lowest BCUT2D eigenvalue weighted by atomic mass is 10.1. The van der Waals surface area contributed by atoms with E-state index in [4.69, 9.17) is 9.84 Å². The number of carboxylic acids is 1. The van der Waals surface area contributed by atoms with Crippen LogP contribution in [0.3, 0.4) is 0 Å². The van der Waals surface area contributed by atoms with E-state index < -0.39 is 5.97 Å². The molecule has 0 aliphatic carbocycles. The monoisotopic (exact) mass is 249 g/mol. The molecule has 0 radical (unpaired) electrons. The van der Waals surface area contributed by atoms with Gasteiger partial charge in [-0.2, -0.15) is 0 Å². The van der Waals surface area contributed by atoms with Crippen LogP contribution in [0.2, 0.25) is 0 Å². The Balaban J connectivity index is 1.81. The molecule has 4 heteroatoms. The Labute approximate surface area is 107 Å². The highest BCUT2D eigenvalue weighted by Gasteiger charge is 2.20. The standard InChI is InChI=1S/C14H19NO3/c16-14(17)11-18-13-7-4-8-15(10-13)9-12-5-2-1-3-6-12/h1-3,5-6,13H,4,7-11H2,(H,16,17)/t13-/m1/s1. The predicted octanol–water partition coefficient (Wildman–Crippen LogP) is 1.75. The molecular formula is C14H19NO3. The van der Waals surface area contributed by atoms with Crippen molar-refractivity contribution >= 4 is 5.97 Å². The van der Waals surface area contributed by atoms with Crippen molar-refractivity contribution in [2.75, 3.05) is 19.7 Å². The summed E-state index contributed by atoms with van der Waals surface area (Å²) in [5, 5.41) is 8.61. The van der Waals surface area contributed by atoms with Gasteiger partial charge in [-0.05, 0) is 24.9 Å². The maximum absolute atomic E-state index is 10.5. The van der Waals surface area contributed by atoms with Gasteiger partial charge in [-0.1, -0.05) is 30.3 Å². The molecule has 1 aromatic carbocycles. The van der Waals surface area contributed by atoms with Crippen molar-refractivity contribution in [2.24, 2.45) is 0 Å². The number of aliphatic carboxylic acids is 1. The van der Waals surface area contributed by atoms with E-state index in [1.54, 1.807) is 0 Å². The first-order valence-electron chi connectivity index (χ1n) is 6.34. The van der Waals surface area contributed by atoms with Crippen molar-refractivity contribution in [3.05, 3.63) is 35.9 Å². The lowest BCUT2D eigenvalue weighted by Crippen LogP contribution is -2.39. The molecule has 4 nitrogen and oxygen atoms in total. The highest BCUT2D eigenvalue weighted by molar-refractivity contribution is 5.68. The zero-order chi connectivity index (χ0) is 12.8. The summed E-state index contributed by atoms with van der Waals surface area (Å²) >= 11 is 0. The van der Waals surface area contributed by atoms with Crippen LogP contribution >= 0.6 is 0 Å². The molecule has 0 aromatic heterocycles. The summed E-state index contributed by atoms with van der Waals surface area (Å²) in [5.74, 6) is -0.893. The summed E-state index contributed by atoms with van der Waals surface area (Å²) in [5.41, 5.74) is 1.29. The quantitative estimate of drug-likeness (QED) is 0.863. The molecule has 0 amide bonds. The van der Waals surface area contributed by atoms with Crippen LogP contribution in [0.5, 0.6) is 0 Å². The van der Waals surface area contributed by atoms with Crippen LogP contribution in [0.15, 0.2) is 30.3 Å². The molecule has 1 aromatic rings. The Hall–Kier alpha value is -1.39. The number of hydrogen-bond acceptors (Lipinski definition) is 3. The minimum atomic E-state index is -0.893. The molecule has 1 heterocycles. The summed E-state index contributed by atoms with van der Waals surface area (Å²) in [4.78, 5) is 12.8. The molecule has 0 spiro atoms. The van der Waals surface area contributed by atoms with Crippen molar-refractivity contribution < 1.29 is 14.6 Å². The van der Waals surface area contributed by atoms with E-state index in [-0.39, 0.29) is 12.7 Å². The molecule has 0 saturated carbocycles. The number of benzene rings is 1. The molecule has 18 heavy (non-hydrogen) atoms. The van der Waals surface area contributed by atoms with Crippen LogP contribution in [0.4, 0.5) is 0 Å². The van der Waals surface area contributed by atoms with Crippen LogP contribution in [0.1, 0.15) is 18.4 Å². The Bertz CT molecular complexity index is 380. The number of hydrogen-bond donors (Lipinski definition) is 1. The largest absolute Gasteiger partial charge is 0.480 e. The number of likely N-dealkylation sites (tertiary alicyclic amines) is 1. The molecule has 1 fully saturated rings. The Morgan fingerprint density at radius 3 is 2.89 bits per heavy atom. The van der Waals surface area contributed by atoms with Crippen molar-refractivity contribution in [2.45, 2.75) is 25.5 Å². The fraction of sp³-hybridized carbons (Fsp3) is 0.500. The first-order chi connectivity index (χ1) is 8.74. The SMILES string of the molecule is O=C(O)CO[C@@H]1CCCN(Cc2ccccc2)C1. The normalized spacial score (nSPS) is 20.8. The molecule has 1 aliphatic rings. The zero-order valence-corrected chi connectivity index (χ0v) is 10.4. The van der Waals surface area contributed by atoms with E-state index in [0.29, 0.717) is 0 Å². The number of piperidine rings is 1. The lowest BCUT2D eigenvalue weighted by molar-refractivity contribution is -0.145. The zero-order valence-electron chi connectivity index (χ0n) is 10.4. The Kier molecular flexibility index (Phi) is 4.73. The highest BCUT2D eigenvalue weighted by Crippen LogP contribution is 2.15. The number of ether oxygens (including phenoxy) is 1. The first kappa shape index (κ1) is 13.1. The van der Waals surface area contributed by atoms with Gasteiger partial charge in [0.2, 0.25) is 0 Å². The molecule has 0 bridgehead atoms. The van der Waals surface area contributed by atoms with Gasteiger partial charge in [-0.15, -0.1) is 0 Å². The molecule has 1 N–H and O–H groups in total. The van der Waals surface area contributed by atoms with Gasteiger partial charge in [0.15, 0.2) is 0 Å². The average Bonchev–Trinajstić information content (AvgIpc) is 2.38. The third kappa shape index (κ3) is 4.13. The van der Waals surface area contributed by atoms with Crippen LogP contribution in [-0.4, -0.2) is 41.8 Å². The fourth-order valence-corrected chi connectivity index (χ4v) is 2.32. The van der Waals surface area contributed by atoms with E-state index >= 15 is 0 Å². The predicted molar refractivity (Wildman–Crippen MR) is 68.3 cm³/mol. The fourth-order valence-electron chi connectivity index (χ4n) is 2.32. The minimum Gasteiger partial charge on any atom is -0.480 e. The summed E-state index contributed by atoms with van der Waals surface area (Å²) in [6.45, 7) is 2.60. The third-order valence-corrected chi connectivity index (χ3v) is 3.15. The Morgan fingerprint density at radius 1 is 1.39 bits per heavy atom. The van der Waals surface area contributed by atoms with Crippen molar-refractivity contribution in [3.8, 4) is 0 Å². The van der Waals surface area contributed by atoms with E-state index in [1.165, 1.54) is 5.56 Å². The van der Waals surface area contributed by atoms with E-state index in [0.717, 1.165) is 32.5 Å². The number of carboxylic acid groups (broad SMARTS) is 1. The van der Waals surface area contributed by atoms with Gasteiger partial charge in [-0.3, -0.25) is 4.90 Å². The first-order valence-corrected chi connectivity index (χ1v) is 6.34. The summed E-state index contributed by atoms with van der Waals surface area (Å²) < 4.78 is 5.37. The second-order valence-electron chi connectivity index (χ2n) is 4.69. The maximum atomic E-state index is 10.5. The molecule has 1 atom stereocenters. The Morgan fingerprint density at radius 2 is 2.17 bits per heavy atom. The number of nitrogens with zero attached hydrogens (tertiary/aromatic N) is 1. The van der Waals surface area contributed by atoms with Gasteiger partial charge in [0.05, 0.1) is 6.10 Å². The van der Waals surface area contributed by atoms with Crippen molar-refractivity contribution in [1.29, 1.82) is 0 Å². The molecule has 98 valence electrons. The van der Waals surface area contributed by atoms with E-state index in [2.05, 4.69) is 17.0 Å². The van der Waals surface area contributed by atoms with Gasteiger partial charge in [0.25, 0.3) is 0 Å². The average molecular weight is 249 g/mol. The van der Waals surface area contributed by atoms with Crippen LogP contribution in [0, 0.1) is 0 Å². The summed E-state index contributed by atoms with van der Waals surface area (Å²) in [6, 6.07) is 10.3. The molecule has 0 unspecified atom stereocenters. The van der Waals surface area contributed by atoms with Crippen LogP contribution in [-0.2, 0) is 16.1 Å². The molecule has 1 aliphatic heterocycles. The second kappa shape index (κ2) is 6.52. The van der Waals surface area contributed by atoms with Crippen molar-refractivity contribution in [1.82, 2.24) is 4.90 Å². The van der Waals surface area contributed by atoms with Crippen LogP contribution in [0.25, 0.3) is 0 Å². The second-order valence-corrected chi connectivity index (χ2v) is 4.69. The number of carbonyl (C=O) groups is 1. The lowest BCUT2D eigenvalue weighted by Gasteiger charge is -2.32. The summed E-state index contributed by atoms with van der Waals surface area (Å²) in [7, 11) is 0. The highest BCUT2D eigenvalue weighted by atomic mass is 16.5. The molecule has 1 saturated heterocycles. The van der Waals surface area contributed by atoms with Gasteiger partial charge in [-0.25, -0.2) is 4.79 Å². The van der Waals surface area contributed by atoms with E-state index in [1.807, 2.05) is 18.2 Å².